The Bertz CT molecular complexity index is 1330. The lowest BCUT2D eigenvalue weighted by Crippen LogP contribution is -2.43. The predicted octanol–water partition coefficient (Wildman–Crippen LogP) is 4.53. The van der Waals surface area contributed by atoms with E-state index in [1.165, 1.54) is 5.56 Å². The molecule has 1 aliphatic rings. The number of hydrogen-bond acceptors (Lipinski definition) is 5. The second-order valence-electron chi connectivity index (χ2n) is 9.34. The first-order chi connectivity index (χ1) is 17.0. The van der Waals surface area contributed by atoms with E-state index >= 15 is 0 Å². The van der Waals surface area contributed by atoms with Gasteiger partial charge in [0.1, 0.15) is 5.52 Å². The number of carbonyl (C=O) groups is 1. The number of nitrogens with zero attached hydrogens (tertiary/aromatic N) is 5. The molecule has 7 nitrogen and oxygen atoms in total. The standard InChI is InChI=1S/C28H32N6O/c1-4-21-12-14-22(15-13-21)17-29-28(35)23-9-8-16-33(18-23)27-26-25(19(2)30-31-27)20(3)34(32-26)24-10-6-5-7-11-24/h5-7,10-15,23H,4,8-9,16-18H2,1-3H3,(H,29,35)/t23-/m0/s1. The van der Waals surface area contributed by atoms with Gasteiger partial charge in [0, 0.05) is 19.6 Å². The summed E-state index contributed by atoms with van der Waals surface area (Å²) in [5.41, 5.74) is 6.18. The molecule has 1 amide bonds. The molecule has 0 spiro atoms. The van der Waals surface area contributed by atoms with Gasteiger partial charge in [-0.25, -0.2) is 4.68 Å². The van der Waals surface area contributed by atoms with Crippen LogP contribution in [0.4, 0.5) is 5.82 Å². The zero-order valence-corrected chi connectivity index (χ0v) is 20.7. The van der Waals surface area contributed by atoms with E-state index in [0.29, 0.717) is 13.1 Å². The SMILES string of the molecule is CCc1ccc(CNC(=O)[C@H]2CCCN(c3nnc(C)c4c(C)n(-c5ccccc5)nc34)C2)cc1. The summed E-state index contributed by atoms with van der Waals surface area (Å²) in [6.07, 6.45) is 2.82. The number of piperidine rings is 1. The third-order valence-electron chi connectivity index (χ3n) is 6.98. The molecule has 4 aromatic rings. The van der Waals surface area contributed by atoms with E-state index in [1.54, 1.807) is 0 Å². The number of hydrogen-bond donors (Lipinski definition) is 1. The minimum absolute atomic E-state index is 0.0888. The average molecular weight is 469 g/mol. The molecule has 0 bridgehead atoms. The van der Waals surface area contributed by atoms with Gasteiger partial charge in [0.05, 0.1) is 28.4 Å². The highest BCUT2D eigenvalue weighted by Gasteiger charge is 2.29. The van der Waals surface area contributed by atoms with Crippen LogP contribution in [0, 0.1) is 19.8 Å². The first-order valence-electron chi connectivity index (χ1n) is 12.4. The third kappa shape index (κ3) is 4.63. The van der Waals surface area contributed by atoms with Crippen LogP contribution >= 0.6 is 0 Å². The number of carbonyl (C=O) groups excluding carboxylic acids is 1. The van der Waals surface area contributed by atoms with Crippen LogP contribution < -0.4 is 10.2 Å². The minimum Gasteiger partial charge on any atom is -0.352 e. The average Bonchev–Trinajstić information content (AvgIpc) is 3.26. The fourth-order valence-corrected chi connectivity index (χ4v) is 4.96. The molecule has 1 atom stereocenters. The molecule has 1 saturated heterocycles. The van der Waals surface area contributed by atoms with Crippen molar-refractivity contribution in [1.29, 1.82) is 0 Å². The molecule has 180 valence electrons. The Morgan fingerprint density at radius 1 is 1.03 bits per heavy atom. The number of anilines is 1. The van der Waals surface area contributed by atoms with Crippen LogP contribution in [0.15, 0.2) is 54.6 Å². The number of fused-ring (bicyclic) bond motifs is 1. The summed E-state index contributed by atoms with van der Waals surface area (Å²) in [7, 11) is 0. The summed E-state index contributed by atoms with van der Waals surface area (Å²) in [5.74, 6) is 0.765. The summed E-state index contributed by atoms with van der Waals surface area (Å²) < 4.78 is 1.96. The molecular weight excluding hydrogens is 436 g/mol. The Morgan fingerprint density at radius 3 is 2.51 bits per heavy atom. The van der Waals surface area contributed by atoms with Crippen LogP contribution in [0.5, 0.6) is 0 Å². The number of aryl methyl sites for hydroxylation is 3. The molecule has 2 aromatic carbocycles. The van der Waals surface area contributed by atoms with E-state index in [4.69, 9.17) is 5.10 Å². The molecule has 5 rings (SSSR count). The number of amides is 1. The van der Waals surface area contributed by atoms with E-state index in [9.17, 15) is 4.79 Å². The lowest BCUT2D eigenvalue weighted by molar-refractivity contribution is -0.125. The molecule has 1 N–H and O–H groups in total. The van der Waals surface area contributed by atoms with E-state index in [1.807, 2.05) is 41.9 Å². The highest BCUT2D eigenvalue weighted by Crippen LogP contribution is 2.31. The molecule has 1 fully saturated rings. The second kappa shape index (κ2) is 9.86. The summed E-state index contributed by atoms with van der Waals surface area (Å²) in [6.45, 7) is 8.19. The lowest BCUT2D eigenvalue weighted by Gasteiger charge is -2.32. The van der Waals surface area contributed by atoms with Crippen molar-refractivity contribution in [1.82, 2.24) is 25.3 Å². The van der Waals surface area contributed by atoms with Crippen molar-refractivity contribution < 1.29 is 4.79 Å². The van der Waals surface area contributed by atoms with Crippen LogP contribution in [0.3, 0.4) is 0 Å². The minimum atomic E-state index is -0.0888. The van der Waals surface area contributed by atoms with Gasteiger partial charge in [-0.3, -0.25) is 4.79 Å². The summed E-state index contributed by atoms with van der Waals surface area (Å²) >= 11 is 0. The molecule has 3 heterocycles. The maximum atomic E-state index is 13.0. The zero-order valence-electron chi connectivity index (χ0n) is 20.7. The van der Waals surface area contributed by atoms with E-state index in [2.05, 4.69) is 58.5 Å². The summed E-state index contributed by atoms with van der Waals surface area (Å²) in [4.78, 5) is 15.2. The van der Waals surface area contributed by atoms with Gasteiger partial charge in [0.2, 0.25) is 5.91 Å². The van der Waals surface area contributed by atoms with E-state index in [0.717, 1.165) is 65.2 Å². The van der Waals surface area contributed by atoms with Gasteiger partial charge in [0.25, 0.3) is 0 Å². The van der Waals surface area contributed by atoms with E-state index < -0.39 is 0 Å². The van der Waals surface area contributed by atoms with Gasteiger partial charge in [-0.05, 0) is 56.4 Å². The molecule has 1 aliphatic heterocycles. The fourth-order valence-electron chi connectivity index (χ4n) is 4.96. The zero-order chi connectivity index (χ0) is 24.4. The molecule has 0 aliphatic carbocycles. The Balaban J connectivity index is 1.36. The van der Waals surface area contributed by atoms with Gasteiger partial charge >= 0.3 is 0 Å². The molecule has 0 unspecified atom stereocenters. The van der Waals surface area contributed by atoms with Gasteiger partial charge in [-0.1, -0.05) is 49.4 Å². The van der Waals surface area contributed by atoms with Crippen LogP contribution in [-0.4, -0.2) is 39.0 Å². The van der Waals surface area contributed by atoms with Crippen molar-refractivity contribution >= 4 is 22.6 Å². The van der Waals surface area contributed by atoms with Gasteiger partial charge < -0.3 is 10.2 Å². The first kappa shape index (κ1) is 23.0. The van der Waals surface area contributed by atoms with Crippen molar-refractivity contribution in [2.24, 2.45) is 5.92 Å². The molecule has 0 radical (unpaired) electrons. The molecule has 7 heteroatoms. The van der Waals surface area contributed by atoms with Crippen molar-refractivity contribution in [2.45, 2.75) is 46.6 Å². The molecule has 35 heavy (non-hydrogen) atoms. The molecular formula is C28H32N6O. The first-order valence-corrected chi connectivity index (χ1v) is 12.4. The monoisotopic (exact) mass is 468 g/mol. The van der Waals surface area contributed by atoms with Crippen molar-refractivity contribution in [3.63, 3.8) is 0 Å². The smallest absolute Gasteiger partial charge is 0.225 e. The van der Waals surface area contributed by atoms with Gasteiger partial charge in [0.15, 0.2) is 5.82 Å². The fraction of sp³-hybridized carbons (Fsp3) is 0.357. The number of benzene rings is 2. The summed E-state index contributed by atoms with van der Waals surface area (Å²) in [5, 5.41) is 18.1. The van der Waals surface area contributed by atoms with Crippen molar-refractivity contribution in [2.75, 3.05) is 18.0 Å². The third-order valence-corrected chi connectivity index (χ3v) is 6.98. The quantitative estimate of drug-likeness (QED) is 0.450. The number of aromatic nitrogens is 4. The highest BCUT2D eigenvalue weighted by atomic mass is 16.1. The number of nitrogens with one attached hydrogen (secondary N) is 1. The van der Waals surface area contributed by atoms with Gasteiger partial charge in [-0.15, -0.1) is 5.10 Å². The maximum absolute atomic E-state index is 13.0. The Hall–Kier alpha value is -3.74. The largest absolute Gasteiger partial charge is 0.352 e. The Labute approximate surface area is 206 Å². The Morgan fingerprint density at radius 2 is 1.77 bits per heavy atom. The van der Waals surface area contributed by atoms with E-state index in [-0.39, 0.29) is 11.8 Å². The number of rotatable bonds is 6. The predicted molar refractivity (Wildman–Crippen MR) is 139 cm³/mol. The number of para-hydroxylation sites is 1. The van der Waals surface area contributed by atoms with Crippen molar-refractivity contribution in [3.05, 3.63) is 77.1 Å². The summed E-state index contributed by atoms with van der Waals surface area (Å²) in [6, 6.07) is 18.6. The van der Waals surface area contributed by atoms with Crippen LogP contribution in [0.2, 0.25) is 0 Å². The molecule has 2 aromatic heterocycles. The van der Waals surface area contributed by atoms with Crippen LogP contribution in [0.25, 0.3) is 16.6 Å². The maximum Gasteiger partial charge on any atom is 0.225 e. The normalized spacial score (nSPS) is 16.0. The lowest BCUT2D eigenvalue weighted by atomic mass is 9.96. The highest BCUT2D eigenvalue weighted by molar-refractivity contribution is 5.92. The molecule has 0 saturated carbocycles. The van der Waals surface area contributed by atoms with Crippen LogP contribution in [-0.2, 0) is 17.8 Å². The Kier molecular flexibility index (Phi) is 6.49. The second-order valence-corrected chi connectivity index (χ2v) is 9.34. The topological polar surface area (TPSA) is 75.9 Å². The van der Waals surface area contributed by atoms with Crippen molar-refractivity contribution in [3.8, 4) is 5.69 Å². The van der Waals surface area contributed by atoms with Crippen LogP contribution in [0.1, 0.15) is 42.3 Å². The van der Waals surface area contributed by atoms with Gasteiger partial charge in [-0.2, -0.15) is 10.2 Å².